The smallest absolute Gasteiger partial charge is 0.312 e. The average molecular weight is 442 g/mol. The van der Waals surface area contributed by atoms with Gasteiger partial charge in [-0.3, -0.25) is 4.79 Å². The third kappa shape index (κ3) is 5.09. The van der Waals surface area contributed by atoms with Crippen molar-refractivity contribution in [1.29, 1.82) is 0 Å². The standard InChI is InChI=1S/C23H18BrClO2/c24-16-15-21(26)27-20-13-11-18(12-14-20)22(17-7-3-1-4-8-17)23(25)19-9-5-2-6-10-19/h1-14H,15-16H2. The highest BCUT2D eigenvalue weighted by atomic mass is 79.9. The molecule has 0 heterocycles. The molecule has 3 aromatic rings. The third-order valence-corrected chi connectivity index (χ3v) is 4.79. The first-order valence-corrected chi connectivity index (χ1v) is 10.1. The van der Waals surface area contributed by atoms with Gasteiger partial charge in [0.2, 0.25) is 0 Å². The molecule has 0 saturated carbocycles. The molecule has 0 aliphatic heterocycles. The van der Waals surface area contributed by atoms with Crippen molar-refractivity contribution in [3.63, 3.8) is 0 Å². The molecule has 3 aromatic carbocycles. The molecule has 2 nitrogen and oxygen atoms in total. The summed E-state index contributed by atoms with van der Waals surface area (Å²) >= 11 is 10.0. The predicted molar refractivity (Wildman–Crippen MR) is 115 cm³/mol. The molecule has 0 spiro atoms. The van der Waals surface area contributed by atoms with E-state index in [1.54, 1.807) is 12.1 Å². The van der Waals surface area contributed by atoms with Crippen LogP contribution in [0.2, 0.25) is 0 Å². The molecule has 3 rings (SSSR count). The summed E-state index contributed by atoms with van der Waals surface area (Å²) in [4.78, 5) is 11.7. The third-order valence-electron chi connectivity index (χ3n) is 3.98. The van der Waals surface area contributed by atoms with Gasteiger partial charge in [0.1, 0.15) is 5.75 Å². The minimum absolute atomic E-state index is 0.263. The van der Waals surface area contributed by atoms with Gasteiger partial charge in [0, 0.05) is 10.9 Å². The van der Waals surface area contributed by atoms with Gasteiger partial charge >= 0.3 is 5.97 Å². The number of ether oxygens (including phenoxy) is 1. The van der Waals surface area contributed by atoms with Crippen LogP contribution in [-0.4, -0.2) is 11.3 Å². The van der Waals surface area contributed by atoms with Crippen molar-refractivity contribution in [2.24, 2.45) is 0 Å². The first-order valence-electron chi connectivity index (χ1n) is 8.56. The van der Waals surface area contributed by atoms with E-state index in [9.17, 15) is 4.79 Å². The van der Waals surface area contributed by atoms with Gasteiger partial charge in [0.25, 0.3) is 0 Å². The maximum atomic E-state index is 11.7. The summed E-state index contributed by atoms with van der Waals surface area (Å²) in [5, 5.41) is 1.25. The van der Waals surface area contributed by atoms with E-state index in [0.29, 0.717) is 22.5 Å². The zero-order valence-corrected chi connectivity index (χ0v) is 16.9. The number of hydrogen-bond donors (Lipinski definition) is 0. The number of rotatable bonds is 6. The van der Waals surface area contributed by atoms with Gasteiger partial charge in [-0.1, -0.05) is 100 Å². The molecule has 0 aromatic heterocycles. The Labute approximate surface area is 172 Å². The lowest BCUT2D eigenvalue weighted by Crippen LogP contribution is -2.07. The zero-order valence-electron chi connectivity index (χ0n) is 14.6. The minimum atomic E-state index is -0.263. The SMILES string of the molecule is O=C(CCBr)Oc1ccc(C(=C(Cl)c2ccccc2)c2ccccc2)cc1. The second kappa shape index (κ2) is 9.54. The van der Waals surface area contributed by atoms with Crippen LogP contribution in [0.25, 0.3) is 10.6 Å². The van der Waals surface area contributed by atoms with Crippen LogP contribution >= 0.6 is 27.5 Å². The van der Waals surface area contributed by atoms with Crippen LogP contribution in [0.3, 0.4) is 0 Å². The van der Waals surface area contributed by atoms with E-state index < -0.39 is 0 Å². The molecule has 0 fully saturated rings. The van der Waals surface area contributed by atoms with Crippen molar-refractivity contribution in [3.05, 3.63) is 102 Å². The second-order valence-corrected chi connectivity index (χ2v) is 7.03. The number of esters is 1. The Balaban J connectivity index is 2.01. The van der Waals surface area contributed by atoms with Gasteiger partial charge < -0.3 is 4.74 Å². The molecule has 0 N–H and O–H groups in total. The number of alkyl halides is 1. The first-order chi connectivity index (χ1) is 13.2. The molecule has 4 heteroatoms. The summed E-state index contributed by atoms with van der Waals surface area (Å²) in [6.07, 6.45) is 0.330. The maximum absolute atomic E-state index is 11.7. The Bertz CT molecular complexity index is 920. The van der Waals surface area contributed by atoms with Crippen LogP contribution in [0.1, 0.15) is 23.1 Å². The van der Waals surface area contributed by atoms with Gasteiger partial charge in [-0.05, 0) is 28.8 Å². The average Bonchev–Trinajstić information content (AvgIpc) is 2.71. The van der Waals surface area contributed by atoms with E-state index >= 15 is 0 Å². The molecule has 136 valence electrons. The van der Waals surface area contributed by atoms with Crippen molar-refractivity contribution in [2.75, 3.05) is 5.33 Å². The highest BCUT2D eigenvalue weighted by Crippen LogP contribution is 2.35. The number of halogens is 2. The van der Waals surface area contributed by atoms with Gasteiger partial charge in [-0.15, -0.1) is 0 Å². The molecule has 0 amide bonds. The van der Waals surface area contributed by atoms with E-state index in [0.717, 1.165) is 22.3 Å². The Kier molecular flexibility index (Phi) is 6.86. The van der Waals surface area contributed by atoms with E-state index in [4.69, 9.17) is 16.3 Å². The minimum Gasteiger partial charge on any atom is -0.427 e. The van der Waals surface area contributed by atoms with Crippen LogP contribution in [0, 0.1) is 0 Å². The largest absolute Gasteiger partial charge is 0.427 e. The predicted octanol–water partition coefficient (Wildman–Crippen LogP) is 6.53. The van der Waals surface area contributed by atoms with E-state index in [1.165, 1.54) is 0 Å². The fourth-order valence-corrected chi connectivity index (χ4v) is 3.37. The summed E-state index contributed by atoms with van der Waals surface area (Å²) < 4.78 is 5.32. The lowest BCUT2D eigenvalue weighted by molar-refractivity contribution is -0.133. The van der Waals surface area contributed by atoms with Crippen molar-refractivity contribution in [1.82, 2.24) is 0 Å². The number of benzene rings is 3. The fraction of sp³-hybridized carbons (Fsp3) is 0.0870. The summed E-state index contributed by atoms with van der Waals surface area (Å²) in [7, 11) is 0. The molecular formula is C23H18BrClO2. The number of carbonyl (C=O) groups excluding carboxylic acids is 1. The number of hydrogen-bond acceptors (Lipinski definition) is 2. The lowest BCUT2D eigenvalue weighted by atomic mass is 9.95. The van der Waals surface area contributed by atoms with Gasteiger partial charge in [-0.2, -0.15) is 0 Å². The maximum Gasteiger partial charge on any atom is 0.312 e. The van der Waals surface area contributed by atoms with Crippen molar-refractivity contribution >= 4 is 44.1 Å². The van der Waals surface area contributed by atoms with E-state index in [1.807, 2.05) is 72.8 Å². The van der Waals surface area contributed by atoms with E-state index in [-0.39, 0.29) is 5.97 Å². The van der Waals surface area contributed by atoms with Crippen LogP contribution < -0.4 is 4.74 Å². The Morgan fingerprint density at radius 3 is 1.85 bits per heavy atom. The van der Waals surface area contributed by atoms with Gasteiger partial charge in [0.05, 0.1) is 11.5 Å². The van der Waals surface area contributed by atoms with Crippen LogP contribution in [0.15, 0.2) is 84.9 Å². The summed E-state index contributed by atoms with van der Waals surface area (Å²) in [6.45, 7) is 0. The van der Waals surface area contributed by atoms with Crippen LogP contribution in [0.4, 0.5) is 0 Å². The molecule has 0 bridgehead atoms. The Hall–Kier alpha value is -2.36. The molecule has 0 aliphatic carbocycles. The normalized spacial score (nSPS) is 11.6. The van der Waals surface area contributed by atoms with Gasteiger partial charge in [0.15, 0.2) is 0 Å². The highest BCUT2D eigenvalue weighted by Gasteiger charge is 2.13. The van der Waals surface area contributed by atoms with Crippen molar-refractivity contribution in [2.45, 2.75) is 6.42 Å². The van der Waals surface area contributed by atoms with Gasteiger partial charge in [-0.25, -0.2) is 0 Å². The monoisotopic (exact) mass is 440 g/mol. The molecule has 0 unspecified atom stereocenters. The molecular weight excluding hydrogens is 424 g/mol. The summed E-state index contributed by atoms with van der Waals surface area (Å²) in [6, 6.07) is 27.3. The molecule has 0 saturated heterocycles. The molecule has 0 aliphatic rings. The highest BCUT2D eigenvalue weighted by molar-refractivity contribution is 9.09. The molecule has 27 heavy (non-hydrogen) atoms. The Morgan fingerprint density at radius 2 is 1.30 bits per heavy atom. The second-order valence-electron chi connectivity index (χ2n) is 5.86. The van der Waals surface area contributed by atoms with Crippen LogP contribution in [0.5, 0.6) is 5.75 Å². The molecule has 0 atom stereocenters. The lowest BCUT2D eigenvalue weighted by Gasteiger charge is -2.13. The molecule has 0 radical (unpaired) electrons. The van der Waals surface area contributed by atoms with E-state index in [2.05, 4.69) is 15.9 Å². The van der Waals surface area contributed by atoms with Crippen LogP contribution in [-0.2, 0) is 4.79 Å². The van der Waals surface area contributed by atoms with Crippen molar-refractivity contribution in [3.8, 4) is 5.75 Å². The zero-order chi connectivity index (χ0) is 19.1. The first kappa shape index (κ1) is 19.4. The van der Waals surface area contributed by atoms with Crippen molar-refractivity contribution < 1.29 is 9.53 Å². The number of carbonyl (C=O) groups is 1. The Morgan fingerprint density at radius 1 is 0.778 bits per heavy atom. The summed E-state index contributed by atoms with van der Waals surface area (Å²) in [5.74, 6) is 0.258. The quantitative estimate of drug-likeness (QED) is 0.188. The fourth-order valence-electron chi connectivity index (χ4n) is 2.70. The summed E-state index contributed by atoms with van der Waals surface area (Å²) in [5.41, 5.74) is 3.86. The topological polar surface area (TPSA) is 26.3 Å².